The summed E-state index contributed by atoms with van der Waals surface area (Å²) in [6.45, 7) is 12.9. The highest BCUT2D eigenvalue weighted by Crippen LogP contribution is 2.49. The zero-order chi connectivity index (χ0) is 21.4. The second-order valence-corrected chi connectivity index (χ2v) is 7.96. The Bertz CT molecular complexity index is 666. The van der Waals surface area contributed by atoms with Crippen LogP contribution in [0.3, 0.4) is 0 Å². The van der Waals surface area contributed by atoms with Crippen LogP contribution < -0.4 is 0 Å². The molecule has 164 valence electrons. The van der Waals surface area contributed by atoms with Gasteiger partial charge in [-0.05, 0) is 32.6 Å². The van der Waals surface area contributed by atoms with Gasteiger partial charge in [-0.3, -0.25) is 0 Å². The summed E-state index contributed by atoms with van der Waals surface area (Å²) in [5, 5.41) is 0. The van der Waals surface area contributed by atoms with Crippen molar-refractivity contribution in [1.29, 1.82) is 0 Å². The lowest BCUT2D eigenvalue weighted by atomic mass is 9.94. The molecule has 4 atom stereocenters. The van der Waals surface area contributed by atoms with E-state index in [-0.39, 0.29) is 18.8 Å². The van der Waals surface area contributed by atoms with Crippen LogP contribution in [0.15, 0.2) is 12.2 Å². The van der Waals surface area contributed by atoms with Gasteiger partial charge < -0.3 is 28.4 Å². The summed E-state index contributed by atoms with van der Waals surface area (Å²) < 4.78 is 35.5. The summed E-state index contributed by atoms with van der Waals surface area (Å²) in [6.07, 6.45) is 0.445. The molecule has 0 aromatic carbocycles. The van der Waals surface area contributed by atoms with Crippen LogP contribution in [0.25, 0.3) is 0 Å². The molecule has 0 spiro atoms. The second kappa shape index (κ2) is 7.98. The Balaban J connectivity index is 1.88. The van der Waals surface area contributed by atoms with E-state index in [0.717, 1.165) is 0 Å². The fourth-order valence-corrected chi connectivity index (χ4v) is 4.17. The zero-order valence-electron chi connectivity index (χ0n) is 17.9. The third-order valence-electron chi connectivity index (χ3n) is 6.22. The Morgan fingerprint density at radius 1 is 1.10 bits per heavy atom. The number of cyclic esters (lactones) is 1. The first-order chi connectivity index (χ1) is 13.7. The first-order valence-corrected chi connectivity index (χ1v) is 10.4. The summed E-state index contributed by atoms with van der Waals surface area (Å²) in [5.74, 6) is -2.86. The van der Waals surface area contributed by atoms with Crippen LogP contribution in [-0.2, 0) is 38.0 Å². The van der Waals surface area contributed by atoms with Crippen LogP contribution >= 0.6 is 0 Å². The third kappa shape index (κ3) is 3.60. The molecular weight excluding hydrogens is 380 g/mol. The Morgan fingerprint density at radius 3 is 2.24 bits per heavy atom. The zero-order valence-corrected chi connectivity index (χ0v) is 17.9. The molecule has 0 N–H and O–H groups in total. The molecule has 3 aliphatic rings. The van der Waals surface area contributed by atoms with Gasteiger partial charge in [0.1, 0.15) is 18.8 Å². The Morgan fingerprint density at radius 2 is 1.72 bits per heavy atom. The lowest BCUT2D eigenvalue weighted by Gasteiger charge is -2.29. The van der Waals surface area contributed by atoms with Crippen LogP contribution in [0.2, 0.25) is 0 Å². The van der Waals surface area contributed by atoms with Gasteiger partial charge in [0.05, 0.1) is 6.61 Å². The van der Waals surface area contributed by atoms with Gasteiger partial charge in [0.15, 0.2) is 17.7 Å². The van der Waals surface area contributed by atoms with Crippen molar-refractivity contribution in [2.75, 3.05) is 13.2 Å². The normalized spacial score (nSPS) is 34.7. The Hall–Kier alpha value is -1.48. The highest BCUT2D eigenvalue weighted by Gasteiger charge is 2.71. The summed E-state index contributed by atoms with van der Waals surface area (Å²) in [7, 11) is 0. The maximum atomic E-state index is 13.0. The third-order valence-corrected chi connectivity index (χ3v) is 6.22. The number of carbonyl (C=O) groups is 2. The molecule has 3 rings (SSSR count). The van der Waals surface area contributed by atoms with Gasteiger partial charge in [-0.25, -0.2) is 9.59 Å². The van der Waals surface area contributed by atoms with Crippen molar-refractivity contribution in [2.45, 2.75) is 95.8 Å². The largest absolute Gasteiger partial charge is 0.458 e. The molecular formula is C21H32O8. The quantitative estimate of drug-likeness (QED) is 0.444. The summed E-state index contributed by atoms with van der Waals surface area (Å²) in [4.78, 5) is 25.0. The predicted octanol–water partition coefficient (Wildman–Crippen LogP) is 2.63. The molecule has 0 radical (unpaired) electrons. The van der Waals surface area contributed by atoms with Crippen molar-refractivity contribution in [1.82, 2.24) is 0 Å². The number of hydrogen-bond acceptors (Lipinski definition) is 8. The average Bonchev–Trinajstić information content (AvgIpc) is 3.37. The van der Waals surface area contributed by atoms with E-state index in [2.05, 4.69) is 6.58 Å². The molecule has 3 saturated heterocycles. The first kappa shape index (κ1) is 22.2. The van der Waals surface area contributed by atoms with Gasteiger partial charge in [0.2, 0.25) is 5.60 Å². The van der Waals surface area contributed by atoms with Crippen molar-refractivity contribution < 1.29 is 38.0 Å². The predicted molar refractivity (Wildman–Crippen MR) is 102 cm³/mol. The van der Waals surface area contributed by atoms with E-state index >= 15 is 0 Å². The number of rotatable bonds is 8. The summed E-state index contributed by atoms with van der Waals surface area (Å²) in [6, 6.07) is 0. The van der Waals surface area contributed by atoms with E-state index in [1.807, 2.05) is 27.7 Å². The average molecular weight is 412 g/mol. The smallest absolute Gasteiger partial charge is 0.345 e. The van der Waals surface area contributed by atoms with E-state index in [1.54, 1.807) is 6.92 Å². The molecule has 0 bridgehead atoms. The molecule has 0 aromatic heterocycles. The standard InChI is InChI=1S/C21H32O8/c1-7-19(8-2)25-11-14(27-19)15-16-21(18(23)26-15,12-24-17(22)13(5)6)29-20(9-3,10-4)28-16/h14-16H,5,7-12H2,1-4,6H3. The van der Waals surface area contributed by atoms with Gasteiger partial charge >= 0.3 is 11.9 Å². The minimum absolute atomic E-state index is 0.236. The summed E-state index contributed by atoms with van der Waals surface area (Å²) in [5.41, 5.74) is -1.30. The van der Waals surface area contributed by atoms with Gasteiger partial charge in [-0.2, -0.15) is 0 Å². The van der Waals surface area contributed by atoms with Crippen LogP contribution in [0.1, 0.15) is 60.3 Å². The minimum atomic E-state index is -1.53. The molecule has 8 nitrogen and oxygen atoms in total. The van der Waals surface area contributed by atoms with Crippen LogP contribution in [0, 0.1) is 0 Å². The fourth-order valence-electron chi connectivity index (χ4n) is 4.17. The fraction of sp³-hybridized carbons (Fsp3) is 0.810. The van der Waals surface area contributed by atoms with Gasteiger partial charge in [-0.15, -0.1) is 0 Å². The number of carbonyl (C=O) groups excluding carboxylic acids is 2. The van der Waals surface area contributed by atoms with Crippen LogP contribution in [0.5, 0.6) is 0 Å². The second-order valence-electron chi connectivity index (χ2n) is 7.96. The molecule has 0 amide bonds. The number of ether oxygens (including phenoxy) is 6. The lowest BCUT2D eigenvalue weighted by Crippen LogP contribution is -2.51. The van der Waals surface area contributed by atoms with Crippen molar-refractivity contribution in [2.24, 2.45) is 0 Å². The van der Waals surface area contributed by atoms with Crippen LogP contribution in [-0.4, -0.2) is 60.6 Å². The van der Waals surface area contributed by atoms with Crippen LogP contribution in [0.4, 0.5) is 0 Å². The molecule has 8 heteroatoms. The molecule has 4 unspecified atom stereocenters. The maximum absolute atomic E-state index is 13.0. The van der Waals surface area contributed by atoms with Crippen molar-refractivity contribution in [3.05, 3.63) is 12.2 Å². The molecule has 3 heterocycles. The highest BCUT2D eigenvalue weighted by atomic mass is 16.8. The molecule has 3 fully saturated rings. The van der Waals surface area contributed by atoms with Gasteiger partial charge in [0.25, 0.3) is 0 Å². The van der Waals surface area contributed by atoms with E-state index in [4.69, 9.17) is 28.4 Å². The van der Waals surface area contributed by atoms with Crippen molar-refractivity contribution in [3.63, 3.8) is 0 Å². The lowest BCUT2D eigenvalue weighted by molar-refractivity contribution is -0.230. The number of esters is 2. The summed E-state index contributed by atoms with van der Waals surface area (Å²) >= 11 is 0. The molecule has 0 aromatic rings. The van der Waals surface area contributed by atoms with E-state index in [0.29, 0.717) is 25.7 Å². The number of fused-ring (bicyclic) bond motifs is 1. The molecule has 29 heavy (non-hydrogen) atoms. The van der Waals surface area contributed by atoms with E-state index in [1.165, 1.54) is 0 Å². The molecule has 0 aliphatic carbocycles. The minimum Gasteiger partial charge on any atom is -0.458 e. The van der Waals surface area contributed by atoms with E-state index in [9.17, 15) is 9.59 Å². The van der Waals surface area contributed by atoms with Crippen molar-refractivity contribution in [3.8, 4) is 0 Å². The SMILES string of the molecule is C=C(C)C(=O)OCC12OC(CC)(CC)OC1C(C1COC(CC)(CC)O1)OC2=O. The number of hydrogen-bond donors (Lipinski definition) is 0. The monoisotopic (exact) mass is 412 g/mol. The topological polar surface area (TPSA) is 89.5 Å². The van der Waals surface area contributed by atoms with Crippen molar-refractivity contribution >= 4 is 11.9 Å². The molecule has 3 aliphatic heterocycles. The Labute approximate surface area is 171 Å². The van der Waals surface area contributed by atoms with Gasteiger partial charge in [0, 0.05) is 5.57 Å². The van der Waals surface area contributed by atoms with Gasteiger partial charge in [-0.1, -0.05) is 34.3 Å². The van der Waals surface area contributed by atoms with E-state index < -0.39 is 47.4 Å². The highest BCUT2D eigenvalue weighted by molar-refractivity contribution is 5.88. The first-order valence-electron chi connectivity index (χ1n) is 10.4. The maximum Gasteiger partial charge on any atom is 0.345 e. The molecule has 0 saturated carbocycles. The Kier molecular flexibility index (Phi) is 6.11.